The Kier molecular flexibility index (Phi) is 3.70. The van der Waals surface area contributed by atoms with Crippen LogP contribution < -0.4 is 10.6 Å². The van der Waals surface area contributed by atoms with Gasteiger partial charge in [0.1, 0.15) is 0 Å². The topological polar surface area (TPSA) is 67.9 Å². The lowest BCUT2D eigenvalue weighted by atomic mass is 9.99. The summed E-state index contributed by atoms with van der Waals surface area (Å²) in [5.41, 5.74) is 8.55. The molecule has 3 rings (SSSR count). The van der Waals surface area contributed by atoms with Crippen LogP contribution in [0.15, 0.2) is 24.0 Å². The third-order valence-corrected chi connectivity index (χ3v) is 4.26. The van der Waals surface area contributed by atoms with Gasteiger partial charge in [-0.05, 0) is 31.4 Å². The van der Waals surface area contributed by atoms with E-state index in [-0.39, 0.29) is 0 Å². The molecule has 1 saturated heterocycles. The van der Waals surface area contributed by atoms with Gasteiger partial charge in [-0.15, -0.1) is 11.3 Å². The molecular weight excluding hydrogens is 258 g/mol. The molecule has 100 valence electrons. The molecule has 2 N–H and O–H groups in total. The molecule has 1 atom stereocenters. The first-order valence-corrected chi connectivity index (χ1v) is 7.41. The fourth-order valence-corrected chi connectivity index (χ4v) is 3.01. The maximum atomic E-state index is 5.78. The third-order valence-electron chi connectivity index (χ3n) is 3.46. The Morgan fingerprint density at radius 2 is 2.42 bits per heavy atom. The van der Waals surface area contributed by atoms with E-state index < -0.39 is 0 Å². The highest BCUT2D eigenvalue weighted by Gasteiger charge is 2.21. The second-order valence-electron chi connectivity index (χ2n) is 4.80. The SMILES string of the molecule is NCC1CCCN(c2nccc(-c3cncs3)n2)C1. The summed E-state index contributed by atoms with van der Waals surface area (Å²) >= 11 is 1.60. The number of hydrogen-bond acceptors (Lipinski definition) is 6. The lowest BCUT2D eigenvalue weighted by Gasteiger charge is -2.32. The van der Waals surface area contributed by atoms with Crippen LogP contribution in [0.25, 0.3) is 10.6 Å². The molecule has 6 heteroatoms. The molecule has 0 radical (unpaired) electrons. The van der Waals surface area contributed by atoms with Crippen LogP contribution in [-0.2, 0) is 0 Å². The smallest absolute Gasteiger partial charge is 0.225 e. The van der Waals surface area contributed by atoms with Gasteiger partial charge < -0.3 is 10.6 Å². The van der Waals surface area contributed by atoms with Gasteiger partial charge in [-0.3, -0.25) is 4.98 Å². The van der Waals surface area contributed by atoms with Gasteiger partial charge in [-0.2, -0.15) is 0 Å². The van der Waals surface area contributed by atoms with Crippen LogP contribution in [0.3, 0.4) is 0 Å². The van der Waals surface area contributed by atoms with Gasteiger partial charge in [0.25, 0.3) is 0 Å². The minimum absolute atomic E-state index is 0.560. The van der Waals surface area contributed by atoms with Crippen molar-refractivity contribution < 1.29 is 0 Å². The van der Waals surface area contributed by atoms with Crippen molar-refractivity contribution in [3.8, 4) is 10.6 Å². The molecule has 0 aromatic carbocycles. The number of anilines is 1. The van der Waals surface area contributed by atoms with E-state index in [9.17, 15) is 0 Å². The minimum Gasteiger partial charge on any atom is -0.340 e. The molecule has 0 saturated carbocycles. The standard InChI is InChI=1S/C13H17N5S/c14-6-10-2-1-5-18(8-10)13-16-4-3-11(17-13)12-7-15-9-19-12/h3-4,7,9-10H,1-2,5-6,8,14H2. The van der Waals surface area contributed by atoms with E-state index in [0.29, 0.717) is 5.92 Å². The van der Waals surface area contributed by atoms with Gasteiger partial charge in [0.15, 0.2) is 0 Å². The molecule has 1 aliphatic heterocycles. The Hall–Kier alpha value is -1.53. The molecule has 5 nitrogen and oxygen atoms in total. The number of aromatic nitrogens is 3. The fraction of sp³-hybridized carbons (Fsp3) is 0.462. The fourth-order valence-electron chi connectivity index (χ4n) is 2.42. The Morgan fingerprint density at radius 3 is 3.21 bits per heavy atom. The van der Waals surface area contributed by atoms with Gasteiger partial charge in [0.2, 0.25) is 5.95 Å². The van der Waals surface area contributed by atoms with Crippen LogP contribution in [0.4, 0.5) is 5.95 Å². The summed E-state index contributed by atoms with van der Waals surface area (Å²) in [5.74, 6) is 1.37. The first kappa shape index (κ1) is 12.5. The number of nitrogens with zero attached hydrogens (tertiary/aromatic N) is 4. The molecule has 3 heterocycles. The largest absolute Gasteiger partial charge is 0.340 e. The number of piperidine rings is 1. The van der Waals surface area contributed by atoms with Crippen LogP contribution in [0.1, 0.15) is 12.8 Å². The zero-order chi connectivity index (χ0) is 13.1. The molecule has 1 aliphatic rings. The molecular formula is C13H17N5S. The highest BCUT2D eigenvalue weighted by Crippen LogP contribution is 2.24. The van der Waals surface area contributed by atoms with E-state index in [4.69, 9.17) is 5.73 Å². The van der Waals surface area contributed by atoms with E-state index >= 15 is 0 Å². The minimum atomic E-state index is 0.560. The van der Waals surface area contributed by atoms with Crippen molar-refractivity contribution in [1.82, 2.24) is 15.0 Å². The third kappa shape index (κ3) is 2.74. The molecule has 2 aromatic rings. The second-order valence-corrected chi connectivity index (χ2v) is 5.68. The maximum Gasteiger partial charge on any atom is 0.225 e. The zero-order valence-corrected chi connectivity index (χ0v) is 11.5. The predicted molar refractivity (Wildman–Crippen MR) is 77.1 cm³/mol. The van der Waals surface area contributed by atoms with Crippen molar-refractivity contribution in [3.05, 3.63) is 24.0 Å². The quantitative estimate of drug-likeness (QED) is 0.924. The van der Waals surface area contributed by atoms with E-state index in [1.807, 2.05) is 24.0 Å². The highest BCUT2D eigenvalue weighted by atomic mass is 32.1. The molecule has 0 bridgehead atoms. The van der Waals surface area contributed by atoms with Crippen molar-refractivity contribution in [2.24, 2.45) is 11.7 Å². The summed E-state index contributed by atoms with van der Waals surface area (Å²) in [5, 5.41) is 0. The average Bonchev–Trinajstić information content (AvgIpc) is 3.02. The monoisotopic (exact) mass is 275 g/mol. The lowest BCUT2D eigenvalue weighted by Crippen LogP contribution is -2.39. The lowest BCUT2D eigenvalue weighted by molar-refractivity contribution is 0.419. The van der Waals surface area contributed by atoms with Gasteiger partial charge in [0, 0.05) is 25.5 Å². The molecule has 19 heavy (non-hydrogen) atoms. The van der Waals surface area contributed by atoms with Crippen LogP contribution in [-0.4, -0.2) is 34.6 Å². The first-order valence-electron chi connectivity index (χ1n) is 6.53. The molecule has 2 aromatic heterocycles. The predicted octanol–water partition coefficient (Wildman–Crippen LogP) is 1.78. The van der Waals surface area contributed by atoms with Crippen LogP contribution in [0, 0.1) is 5.92 Å². The van der Waals surface area contributed by atoms with Gasteiger partial charge in [0.05, 0.1) is 16.1 Å². The first-order chi connectivity index (χ1) is 9.36. The normalized spacial score (nSPS) is 19.6. The molecule has 0 amide bonds. The number of nitrogens with two attached hydrogens (primary N) is 1. The number of hydrogen-bond donors (Lipinski definition) is 1. The number of thiazole rings is 1. The summed E-state index contributed by atoms with van der Waals surface area (Å²) in [4.78, 5) is 16.5. The molecule has 0 spiro atoms. The Morgan fingerprint density at radius 1 is 1.47 bits per heavy atom. The summed E-state index contributed by atoms with van der Waals surface area (Å²) in [6.07, 6.45) is 6.04. The van der Waals surface area contributed by atoms with Crippen molar-refractivity contribution >= 4 is 17.3 Å². The van der Waals surface area contributed by atoms with Crippen molar-refractivity contribution in [3.63, 3.8) is 0 Å². The second kappa shape index (κ2) is 5.63. The highest BCUT2D eigenvalue weighted by molar-refractivity contribution is 7.13. The molecule has 0 aliphatic carbocycles. The summed E-state index contributed by atoms with van der Waals surface area (Å²) < 4.78 is 0. The average molecular weight is 275 g/mol. The summed E-state index contributed by atoms with van der Waals surface area (Å²) in [6.45, 7) is 2.72. The number of rotatable bonds is 3. The van der Waals surface area contributed by atoms with E-state index in [0.717, 1.165) is 42.6 Å². The van der Waals surface area contributed by atoms with Gasteiger partial charge in [-0.1, -0.05) is 0 Å². The Balaban J connectivity index is 1.83. The van der Waals surface area contributed by atoms with E-state index in [2.05, 4.69) is 19.9 Å². The maximum absolute atomic E-state index is 5.78. The van der Waals surface area contributed by atoms with E-state index in [1.165, 1.54) is 6.42 Å². The van der Waals surface area contributed by atoms with Crippen LogP contribution in [0.2, 0.25) is 0 Å². The molecule has 1 unspecified atom stereocenters. The zero-order valence-electron chi connectivity index (χ0n) is 10.7. The van der Waals surface area contributed by atoms with Crippen LogP contribution >= 0.6 is 11.3 Å². The Bertz CT molecular complexity index is 528. The van der Waals surface area contributed by atoms with Crippen LogP contribution in [0.5, 0.6) is 0 Å². The van der Waals surface area contributed by atoms with Gasteiger partial charge >= 0.3 is 0 Å². The summed E-state index contributed by atoms with van der Waals surface area (Å²) in [7, 11) is 0. The van der Waals surface area contributed by atoms with Crippen molar-refractivity contribution in [1.29, 1.82) is 0 Å². The van der Waals surface area contributed by atoms with Crippen molar-refractivity contribution in [2.75, 3.05) is 24.5 Å². The summed E-state index contributed by atoms with van der Waals surface area (Å²) in [6, 6.07) is 1.93. The molecule has 1 fully saturated rings. The van der Waals surface area contributed by atoms with Crippen molar-refractivity contribution in [2.45, 2.75) is 12.8 Å². The van der Waals surface area contributed by atoms with Gasteiger partial charge in [-0.25, -0.2) is 9.97 Å². The van der Waals surface area contributed by atoms with E-state index in [1.54, 1.807) is 11.3 Å². The Labute approximate surface area is 116 Å².